The number of benzene rings is 2. The highest BCUT2D eigenvalue weighted by Gasteiger charge is 2.84. The summed E-state index contributed by atoms with van der Waals surface area (Å²) in [6.45, 7) is 7.67. The summed E-state index contributed by atoms with van der Waals surface area (Å²) in [7, 11) is -0.657. The van der Waals surface area contributed by atoms with E-state index in [1.807, 2.05) is 0 Å². The molecule has 6 bridgehead atoms. The van der Waals surface area contributed by atoms with Crippen LogP contribution < -0.4 is 0 Å². The predicted octanol–water partition coefficient (Wildman–Crippen LogP) is 7.38. The molecule has 0 N–H and O–H groups in total. The van der Waals surface area contributed by atoms with Crippen molar-refractivity contribution in [2.75, 3.05) is 0 Å². The zero-order chi connectivity index (χ0) is 20.4. The Bertz CT molecular complexity index is 1060. The fourth-order valence-corrected chi connectivity index (χ4v) is 12.5. The Kier molecular flexibility index (Phi) is 3.21. The van der Waals surface area contributed by atoms with Crippen LogP contribution in [0.3, 0.4) is 0 Å². The number of fused-ring (bicyclic) bond motifs is 4. The lowest BCUT2D eigenvalue weighted by Crippen LogP contribution is -2.55. The minimum Gasteiger partial charge on any atom is -0.349 e. The van der Waals surface area contributed by atoms with Crippen molar-refractivity contribution >= 4 is 8.15 Å². The van der Waals surface area contributed by atoms with Gasteiger partial charge < -0.3 is 4.52 Å². The fraction of sp³-hybridized carbons (Fsp3) is 0.500. The van der Waals surface area contributed by atoms with E-state index in [2.05, 4.69) is 93.6 Å². The van der Waals surface area contributed by atoms with Gasteiger partial charge in [0.15, 0.2) is 0 Å². The first kappa shape index (κ1) is 18.2. The first-order valence-corrected chi connectivity index (χ1v) is 13.0. The molecule has 7 rings (SSSR count). The Morgan fingerprint density at radius 2 is 1.50 bits per heavy atom. The van der Waals surface area contributed by atoms with E-state index in [0.29, 0.717) is 11.3 Å². The summed E-state index contributed by atoms with van der Waals surface area (Å²) in [6.07, 6.45) is 10.4. The van der Waals surface area contributed by atoms with E-state index in [-0.39, 0.29) is 21.3 Å². The molecule has 0 unspecified atom stereocenters. The molecule has 4 fully saturated rings. The maximum Gasteiger partial charge on any atom is 0.0831 e. The Balaban J connectivity index is 1.45. The van der Waals surface area contributed by atoms with Crippen LogP contribution in [0.4, 0.5) is 0 Å². The molecule has 30 heavy (non-hydrogen) atoms. The third kappa shape index (κ3) is 1.65. The topological polar surface area (TPSA) is 9.23 Å². The maximum absolute atomic E-state index is 7.59. The Morgan fingerprint density at radius 1 is 0.833 bits per heavy atom. The van der Waals surface area contributed by atoms with Crippen LogP contribution in [0.25, 0.3) is 0 Å². The van der Waals surface area contributed by atoms with Gasteiger partial charge in [-0.1, -0.05) is 93.6 Å². The highest BCUT2D eigenvalue weighted by atomic mass is 31.1. The molecule has 1 spiro atoms. The van der Waals surface area contributed by atoms with Crippen LogP contribution in [0.15, 0.2) is 72.8 Å². The second-order valence-corrected chi connectivity index (χ2v) is 13.6. The monoisotopic (exact) mass is 414 g/mol. The number of hydrogen-bond acceptors (Lipinski definition) is 1. The summed E-state index contributed by atoms with van der Waals surface area (Å²) in [5.41, 5.74) is 3.66. The minimum absolute atomic E-state index is 0.0456. The molecule has 2 saturated carbocycles. The molecule has 7 atom stereocenters. The van der Waals surface area contributed by atoms with Gasteiger partial charge in [-0.05, 0) is 48.1 Å². The molecule has 2 aliphatic carbocycles. The molecular weight excluding hydrogens is 383 g/mol. The summed E-state index contributed by atoms with van der Waals surface area (Å²) in [5, 5.41) is 0.167. The Hall–Kier alpha value is -1.43. The zero-order valence-electron chi connectivity index (χ0n) is 18.3. The normalized spacial score (nSPS) is 48.8. The number of hydrogen-bond donors (Lipinski definition) is 0. The fourth-order valence-electron chi connectivity index (χ4n) is 8.65. The van der Waals surface area contributed by atoms with Crippen molar-refractivity contribution in [3.05, 3.63) is 83.9 Å². The van der Waals surface area contributed by atoms with Crippen LogP contribution in [0.1, 0.15) is 57.6 Å². The summed E-state index contributed by atoms with van der Waals surface area (Å²) < 4.78 is 7.59. The highest BCUT2D eigenvalue weighted by Crippen LogP contribution is 2.94. The molecule has 2 aromatic rings. The zero-order valence-corrected chi connectivity index (χ0v) is 19.2. The van der Waals surface area contributed by atoms with Crippen LogP contribution in [0.2, 0.25) is 0 Å². The van der Waals surface area contributed by atoms with Gasteiger partial charge in [0.1, 0.15) is 0 Å². The SMILES string of the molecule is CC1(C)[C@@H]2CC[C@@]1(C)[C@@]1(C2)O[P@]2[C@]3(c4ccccc4)C=C[C@@]2(c2ccccc2)[C@H]1C3. The van der Waals surface area contributed by atoms with Crippen molar-refractivity contribution in [3.8, 4) is 0 Å². The average molecular weight is 415 g/mol. The molecule has 0 radical (unpaired) electrons. The van der Waals surface area contributed by atoms with Crippen molar-refractivity contribution in [2.24, 2.45) is 22.7 Å². The number of allylic oxidation sites excluding steroid dienone is 2. The van der Waals surface area contributed by atoms with Crippen molar-refractivity contribution in [2.45, 2.75) is 62.4 Å². The molecule has 2 aromatic carbocycles. The average Bonchev–Trinajstić information content (AvgIpc) is 3.46. The van der Waals surface area contributed by atoms with Gasteiger partial charge >= 0.3 is 0 Å². The first-order chi connectivity index (χ1) is 14.4. The highest BCUT2D eigenvalue weighted by molar-refractivity contribution is 7.57. The lowest BCUT2D eigenvalue weighted by molar-refractivity contribution is -0.102. The second kappa shape index (κ2) is 5.31. The van der Waals surface area contributed by atoms with Crippen LogP contribution in [-0.2, 0) is 14.8 Å². The minimum atomic E-state index is -0.657. The summed E-state index contributed by atoms with van der Waals surface area (Å²) >= 11 is 0. The molecular formula is C28H31OP. The van der Waals surface area contributed by atoms with Crippen LogP contribution in [0, 0.1) is 22.7 Å². The predicted molar refractivity (Wildman–Crippen MR) is 123 cm³/mol. The van der Waals surface area contributed by atoms with Gasteiger partial charge in [-0.25, -0.2) is 0 Å². The van der Waals surface area contributed by atoms with Gasteiger partial charge in [-0.15, -0.1) is 0 Å². The van der Waals surface area contributed by atoms with Gasteiger partial charge in [-0.2, -0.15) is 0 Å². The smallest absolute Gasteiger partial charge is 0.0831 e. The third-order valence-electron chi connectivity index (χ3n) is 10.6. The van der Waals surface area contributed by atoms with Crippen LogP contribution >= 0.6 is 8.15 Å². The molecule has 2 heteroatoms. The van der Waals surface area contributed by atoms with Crippen molar-refractivity contribution in [3.63, 3.8) is 0 Å². The van der Waals surface area contributed by atoms with Crippen molar-refractivity contribution in [1.29, 1.82) is 0 Å². The maximum atomic E-state index is 7.59. The van der Waals surface area contributed by atoms with Gasteiger partial charge in [0.05, 0.1) is 24.1 Å². The summed E-state index contributed by atoms with van der Waals surface area (Å²) in [5.74, 6) is 1.39. The summed E-state index contributed by atoms with van der Waals surface area (Å²) in [6, 6.07) is 22.6. The molecule has 0 aromatic heterocycles. The van der Waals surface area contributed by atoms with E-state index in [4.69, 9.17) is 4.52 Å². The molecule has 154 valence electrons. The lowest BCUT2D eigenvalue weighted by atomic mass is 9.55. The Morgan fingerprint density at radius 3 is 2.10 bits per heavy atom. The quantitative estimate of drug-likeness (QED) is 0.368. The third-order valence-corrected chi connectivity index (χ3v) is 13.8. The van der Waals surface area contributed by atoms with Crippen molar-refractivity contribution < 1.29 is 4.52 Å². The van der Waals surface area contributed by atoms with Crippen molar-refractivity contribution in [1.82, 2.24) is 0 Å². The van der Waals surface area contributed by atoms with E-state index in [1.54, 1.807) is 0 Å². The van der Waals surface area contributed by atoms with Crippen LogP contribution in [0.5, 0.6) is 0 Å². The lowest BCUT2D eigenvalue weighted by Gasteiger charge is -2.54. The van der Waals surface area contributed by atoms with E-state index in [1.165, 1.54) is 36.8 Å². The Labute approximate surface area is 181 Å². The van der Waals surface area contributed by atoms with Crippen LogP contribution in [-0.4, -0.2) is 5.60 Å². The molecule has 3 aliphatic heterocycles. The molecule has 2 saturated heterocycles. The first-order valence-electron chi connectivity index (χ1n) is 11.7. The van der Waals surface area contributed by atoms with E-state index in [9.17, 15) is 0 Å². The second-order valence-electron chi connectivity index (χ2n) is 11.3. The molecule has 3 heterocycles. The molecule has 0 amide bonds. The van der Waals surface area contributed by atoms with E-state index in [0.717, 1.165) is 5.92 Å². The number of rotatable bonds is 2. The van der Waals surface area contributed by atoms with Gasteiger partial charge in [0.2, 0.25) is 0 Å². The van der Waals surface area contributed by atoms with E-state index < -0.39 is 8.15 Å². The molecule has 1 nitrogen and oxygen atoms in total. The van der Waals surface area contributed by atoms with Gasteiger partial charge in [0.25, 0.3) is 0 Å². The van der Waals surface area contributed by atoms with Gasteiger partial charge in [-0.3, -0.25) is 0 Å². The van der Waals surface area contributed by atoms with E-state index >= 15 is 0 Å². The largest absolute Gasteiger partial charge is 0.349 e. The van der Waals surface area contributed by atoms with Gasteiger partial charge in [0, 0.05) is 11.3 Å². The standard InChI is InChI=1S/C28H31OP/c1-24(2)22-14-15-25(24,3)28(18-22)23-19-26(20-10-6-4-7-11-20)16-17-27(23,30(26)29-28)21-12-8-5-9-13-21/h4-13,16-17,22-23H,14-15,18-19H2,1-3H3/t22-,23-,25-,26-,27-,28+,30-/m1/s1. The molecule has 5 aliphatic rings. The summed E-state index contributed by atoms with van der Waals surface area (Å²) in [4.78, 5) is 0.